The lowest BCUT2D eigenvalue weighted by Gasteiger charge is -2.06. The summed E-state index contributed by atoms with van der Waals surface area (Å²) in [5.74, 6) is -0.197. The molecule has 0 bridgehead atoms. The second-order valence-corrected chi connectivity index (χ2v) is 4.12. The molecule has 5 nitrogen and oxygen atoms in total. The first-order valence-corrected chi connectivity index (χ1v) is 5.89. The number of carbonyl (C=O) groups excluding carboxylic acids is 1. The summed E-state index contributed by atoms with van der Waals surface area (Å²) in [5.41, 5.74) is 2.42. The molecule has 1 amide bonds. The van der Waals surface area contributed by atoms with E-state index in [1.54, 1.807) is 13.3 Å². The maximum atomic E-state index is 11.8. The Kier molecular flexibility index (Phi) is 4.43. The fourth-order valence-electron chi connectivity index (χ4n) is 1.79. The summed E-state index contributed by atoms with van der Waals surface area (Å²) in [4.78, 5) is 16.1. The first-order chi connectivity index (χ1) is 9.24. The van der Waals surface area contributed by atoms with Gasteiger partial charge in [0.2, 0.25) is 0 Å². The molecule has 1 heterocycles. The van der Waals surface area contributed by atoms with E-state index in [0.717, 1.165) is 16.5 Å². The van der Waals surface area contributed by atoms with Gasteiger partial charge in [-0.25, -0.2) is 0 Å². The highest BCUT2D eigenvalue weighted by Gasteiger charge is 2.07. The van der Waals surface area contributed by atoms with Gasteiger partial charge in [0.1, 0.15) is 6.73 Å². The van der Waals surface area contributed by atoms with E-state index >= 15 is 0 Å². The SMILES string of the molecule is COCNC(=O)c1cnc2cc(COC)ccc2c1. The minimum atomic E-state index is -0.197. The highest BCUT2D eigenvalue weighted by molar-refractivity contribution is 5.97. The van der Waals surface area contributed by atoms with Gasteiger partial charge in [-0.1, -0.05) is 12.1 Å². The van der Waals surface area contributed by atoms with Crippen molar-refractivity contribution >= 4 is 16.8 Å². The van der Waals surface area contributed by atoms with Crippen LogP contribution in [0.1, 0.15) is 15.9 Å². The van der Waals surface area contributed by atoms with Crippen LogP contribution in [0, 0.1) is 0 Å². The van der Waals surface area contributed by atoms with Gasteiger partial charge in [-0.15, -0.1) is 0 Å². The number of fused-ring (bicyclic) bond motifs is 1. The van der Waals surface area contributed by atoms with Crippen LogP contribution in [0.2, 0.25) is 0 Å². The summed E-state index contributed by atoms with van der Waals surface area (Å²) in [6.07, 6.45) is 1.56. The second-order valence-electron chi connectivity index (χ2n) is 4.12. The first-order valence-electron chi connectivity index (χ1n) is 5.89. The Hall–Kier alpha value is -1.98. The third-order valence-corrected chi connectivity index (χ3v) is 2.70. The maximum Gasteiger partial charge on any atom is 0.254 e. The molecule has 0 aliphatic heterocycles. The lowest BCUT2D eigenvalue weighted by atomic mass is 10.1. The van der Waals surface area contributed by atoms with Crippen molar-refractivity contribution in [2.45, 2.75) is 6.61 Å². The van der Waals surface area contributed by atoms with Crippen molar-refractivity contribution in [1.82, 2.24) is 10.3 Å². The van der Waals surface area contributed by atoms with Gasteiger partial charge in [0, 0.05) is 25.8 Å². The monoisotopic (exact) mass is 260 g/mol. The van der Waals surface area contributed by atoms with Gasteiger partial charge >= 0.3 is 0 Å². The molecule has 0 radical (unpaired) electrons. The number of amides is 1. The van der Waals surface area contributed by atoms with Crippen molar-refractivity contribution in [1.29, 1.82) is 0 Å². The van der Waals surface area contributed by atoms with E-state index in [2.05, 4.69) is 10.3 Å². The standard InChI is InChI=1S/C14H16N2O3/c1-18-8-10-3-4-11-6-12(7-15-13(11)5-10)14(17)16-9-19-2/h3-7H,8-9H2,1-2H3,(H,16,17). The van der Waals surface area contributed by atoms with Gasteiger partial charge in [0.05, 0.1) is 17.7 Å². The van der Waals surface area contributed by atoms with Crippen LogP contribution < -0.4 is 5.32 Å². The fourth-order valence-corrected chi connectivity index (χ4v) is 1.79. The largest absolute Gasteiger partial charge is 0.380 e. The van der Waals surface area contributed by atoms with Crippen molar-refractivity contribution in [2.75, 3.05) is 21.0 Å². The number of nitrogens with one attached hydrogen (secondary N) is 1. The minimum Gasteiger partial charge on any atom is -0.380 e. The van der Waals surface area contributed by atoms with Crippen molar-refractivity contribution in [3.05, 3.63) is 41.6 Å². The van der Waals surface area contributed by atoms with Gasteiger partial charge in [-0.2, -0.15) is 0 Å². The predicted molar refractivity (Wildman–Crippen MR) is 71.8 cm³/mol. The zero-order valence-electron chi connectivity index (χ0n) is 11.0. The molecule has 0 aliphatic carbocycles. The number of ether oxygens (including phenoxy) is 2. The molecule has 0 unspecified atom stereocenters. The average molecular weight is 260 g/mol. The van der Waals surface area contributed by atoms with E-state index < -0.39 is 0 Å². The zero-order chi connectivity index (χ0) is 13.7. The normalized spacial score (nSPS) is 10.6. The Balaban J connectivity index is 2.26. The summed E-state index contributed by atoms with van der Waals surface area (Å²) >= 11 is 0. The minimum absolute atomic E-state index is 0.184. The molecular formula is C14H16N2O3. The third-order valence-electron chi connectivity index (χ3n) is 2.70. The van der Waals surface area contributed by atoms with Gasteiger partial charge in [0.25, 0.3) is 5.91 Å². The van der Waals surface area contributed by atoms with Crippen molar-refractivity contribution in [3.63, 3.8) is 0 Å². The molecule has 0 saturated carbocycles. The smallest absolute Gasteiger partial charge is 0.254 e. The molecule has 19 heavy (non-hydrogen) atoms. The van der Waals surface area contributed by atoms with E-state index in [1.807, 2.05) is 24.3 Å². The summed E-state index contributed by atoms with van der Waals surface area (Å²) < 4.78 is 9.88. The van der Waals surface area contributed by atoms with Crippen molar-refractivity contribution < 1.29 is 14.3 Å². The summed E-state index contributed by atoms with van der Waals surface area (Å²) in [7, 11) is 3.18. The van der Waals surface area contributed by atoms with Gasteiger partial charge in [-0.05, 0) is 17.7 Å². The van der Waals surface area contributed by atoms with Crippen molar-refractivity contribution in [2.24, 2.45) is 0 Å². The molecule has 5 heteroatoms. The molecule has 0 spiro atoms. The number of nitrogens with zero attached hydrogens (tertiary/aromatic N) is 1. The summed E-state index contributed by atoms with van der Waals surface area (Å²) in [5, 5.41) is 3.55. The molecule has 100 valence electrons. The lowest BCUT2D eigenvalue weighted by Crippen LogP contribution is -2.25. The summed E-state index contributed by atoms with van der Waals surface area (Å²) in [6, 6.07) is 7.66. The van der Waals surface area contributed by atoms with E-state index in [1.165, 1.54) is 7.11 Å². The van der Waals surface area contributed by atoms with Crippen LogP contribution in [-0.4, -0.2) is 31.8 Å². The number of pyridine rings is 1. The third kappa shape index (κ3) is 3.27. The van der Waals surface area contributed by atoms with Gasteiger partial charge in [-0.3, -0.25) is 9.78 Å². The molecule has 1 aromatic carbocycles. The van der Waals surface area contributed by atoms with E-state index in [9.17, 15) is 4.79 Å². The number of methoxy groups -OCH3 is 2. The first kappa shape index (κ1) is 13.5. The molecule has 0 aliphatic rings. The van der Waals surface area contributed by atoms with Gasteiger partial charge in [0.15, 0.2) is 0 Å². The molecule has 0 saturated heterocycles. The molecule has 0 atom stereocenters. The molecule has 2 aromatic rings. The molecule has 1 aromatic heterocycles. The van der Waals surface area contributed by atoms with E-state index in [4.69, 9.17) is 9.47 Å². The Bertz CT molecular complexity index is 584. The molecule has 1 N–H and O–H groups in total. The number of benzene rings is 1. The Morgan fingerprint density at radius 3 is 2.84 bits per heavy atom. The number of rotatable bonds is 5. The second kappa shape index (κ2) is 6.26. The number of hydrogen-bond acceptors (Lipinski definition) is 4. The number of hydrogen-bond donors (Lipinski definition) is 1. The lowest BCUT2D eigenvalue weighted by molar-refractivity contribution is 0.0872. The van der Waals surface area contributed by atoms with E-state index in [0.29, 0.717) is 12.2 Å². The highest BCUT2D eigenvalue weighted by atomic mass is 16.5. The van der Waals surface area contributed by atoms with Gasteiger partial charge < -0.3 is 14.8 Å². The molecular weight excluding hydrogens is 244 g/mol. The average Bonchev–Trinajstić information content (AvgIpc) is 2.44. The summed E-state index contributed by atoms with van der Waals surface area (Å²) in [6.45, 7) is 0.733. The number of carbonyl (C=O) groups is 1. The van der Waals surface area contributed by atoms with Crippen LogP contribution in [0.25, 0.3) is 10.9 Å². The Morgan fingerprint density at radius 1 is 1.26 bits per heavy atom. The number of aromatic nitrogens is 1. The van der Waals surface area contributed by atoms with Crippen LogP contribution in [0.5, 0.6) is 0 Å². The van der Waals surface area contributed by atoms with Crippen LogP contribution in [0.3, 0.4) is 0 Å². The van der Waals surface area contributed by atoms with Crippen LogP contribution >= 0.6 is 0 Å². The van der Waals surface area contributed by atoms with Crippen LogP contribution in [0.15, 0.2) is 30.5 Å². The maximum absolute atomic E-state index is 11.8. The molecule has 2 rings (SSSR count). The highest BCUT2D eigenvalue weighted by Crippen LogP contribution is 2.16. The zero-order valence-corrected chi connectivity index (χ0v) is 11.0. The Morgan fingerprint density at radius 2 is 2.11 bits per heavy atom. The fraction of sp³-hybridized carbons (Fsp3) is 0.286. The van der Waals surface area contributed by atoms with Crippen LogP contribution in [0.4, 0.5) is 0 Å². The van der Waals surface area contributed by atoms with E-state index in [-0.39, 0.29) is 12.6 Å². The van der Waals surface area contributed by atoms with Crippen LogP contribution in [-0.2, 0) is 16.1 Å². The Labute approximate surface area is 111 Å². The predicted octanol–water partition coefficient (Wildman–Crippen LogP) is 1.71. The quantitative estimate of drug-likeness (QED) is 0.831. The topological polar surface area (TPSA) is 60.5 Å². The molecule has 0 fully saturated rings. The van der Waals surface area contributed by atoms with Crippen molar-refractivity contribution in [3.8, 4) is 0 Å².